The Morgan fingerprint density at radius 2 is 1.76 bits per heavy atom. The molecule has 0 radical (unpaired) electrons. The van der Waals surface area contributed by atoms with Crippen LogP contribution in [0.2, 0.25) is 0 Å². The first kappa shape index (κ1) is 20.1. The molecular weight excluding hydrogens is 420 g/mol. The van der Waals surface area contributed by atoms with Crippen LogP contribution in [0.15, 0.2) is 82.5 Å². The predicted molar refractivity (Wildman–Crippen MR) is 123 cm³/mol. The van der Waals surface area contributed by atoms with Crippen molar-refractivity contribution >= 4 is 28.2 Å². The minimum Gasteiger partial charge on any atom is -0.378 e. The summed E-state index contributed by atoms with van der Waals surface area (Å²) < 4.78 is 5.86. The number of nitrogens with zero attached hydrogens (tertiary/aromatic N) is 6. The van der Waals surface area contributed by atoms with Crippen LogP contribution in [-0.4, -0.2) is 36.9 Å². The second-order valence-electron chi connectivity index (χ2n) is 7.20. The van der Waals surface area contributed by atoms with Crippen molar-refractivity contribution in [3.63, 3.8) is 0 Å². The number of carbonyl (C=O) groups is 1. The molecule has 5 aromatic rings. The number of hydrazone groups is 1. The normalized spacial score (nSPS) is 11.6. The largest absolute Gasteiger partial charge is 0.378 e. The third-order valence-electron chi connectivity index (χ3n) is 5.13. The molecule has 0 bridgehead atoms. The lowest BCUT2D eigenvalue weighted by Gasteiger charge is -2.08. The summed E-state index contributed by atoms with van der Waals surface area (Å²) in [5, 5.41) is 22.0. The minimum absolute atomic E-state index is 0.0241. The molecule has 5 rings (SSSR count). The summed E-state index contributed by atoms with van der Waals surface area (Å²) in [6, 6.07) is 23.1. The monoisotopic (exact) mass is 438 g/mol. The molecule has 0 unspecified atom stereocenters. The average molecular weight is 438 g/mol. The molecule has 33 heavy (non-hydrogen) atoms. The second kappa shape index (κ2) is 8.35. The van der Waals surface area contributed by atoms with E-state index in [4.69, 9.17) is 5.73 Å². The van der Waals surface area contributed by atoms with E-state index in [9.17, 15) is 4.79 Å². The topological polar surface area (TPSA) is 137 Å². The van der Waals surface area contributed by atoms with Gasteiger partial charge in [0.2, 0.25) is 11.6 Å². The molecule has 3 aromatic carbocycles. The molecule has 0 fully saturated rings. The van der Waals surface area contributed by atoms with Gasteiger partial charge in [0.15, 0.2) is 5.69 Å². The summed E-state index contributed by atoms with van der Waals surface area (Å²) in [4.78, 5) is 13.3. The van der Waals surface area contributed by atoms with Gasteiger partial charge in [-0.2, -0.15) is 9.78 Å². The molecule has 3 N–H and O–H groups in total. The van der Waals surface area contributed by atoms with Crippen LogP contribution in [-0.2, 0) is 0 Å². The third kappa shape index (κ3) is 3.69. The Morgan fingerprint density at radius 1 is 1.00 bits per heavy atom. The van der Waals surface area contributed by atoms with E-state index in [2.05, 4.69) is 35.8 Å². The molecule has 10 heteroatoms. The summed E-state index contributed by atoms with van der Waals surface area (Å²) in [6.45, 7) is 1.83. The van der Waals surface area contributed by atoms with Crippen molar-refractivity contribution in [2.75, 3.05) is 5.73 Å². The second-order valence-corrected chi connectivity index (χ2v) is 7.20. The number of anilines is 1. The van der Waals surface area contributed by atoms with Crippen LogP contribution in [0.1, 0.15) is 23.0 Å². The number of carbonyl (C=O) groups excluding carboxylic acids is 1. The standard InChI is InChI=1S/C23H18N8O2/c1-14(17-13-7-11-15-8-5-6-12-18(15)17)25-27-23(32)20-19(16-9-3-2-4-10-16)26-30-31(20)22-21(24)28-33-29-22/h2-13H,1H3,(H2,24,28)(H,27,32)/b25-14+. The summed E-state index contributed by atoms with van der Waals surface area (Å²) >= 11 is 0. The molecule has 1 amide bonds. The zero-order valence-electron chi connectivity index (χ0n) is 17.5. The van der Waals surface area contributed by atoms with Crippen LogP contribution >= 0.6 is 0 Å². The quantitative estimate of drug-likeness (QED) is 0.317. The van der Waals surface area contributed by atoms with Crippen LogP contribution < -0.4 is 11.2 Å². The molecule has 10 nitrogen and oxygen atoms in total. The predicted octanol–water partition coefficient (Wildman–Crippen LogP) is 3.21. The summed E-state index contributed by atoms with van der Waals surface area (Å²) in [5.74, 6) is -0.505. The minimum atomic E-state index is -0.541. The molecule has 0 saturated carbocycles. The van der Waals surface area contributed by atoms with Gasteiger partial charge < -0.3 is 5.73 Å². The van der Waals surface area contributed by atoms with E-state index in [1.807, 2.05) is 79.7 Å². The number of aromatic nitrogens is 5. The number of hydrogen-bond donors (Lipinski definition) is 2. The van der Waals surface area contributed by atoms with Gasteiger partial charge in [-0.05, 0) is 28.0 Å². The molecule has 2 aromatic heterocycles. The lowest BCUT2D eigenvalue weighted by atomic mass is 10.0. The Balaban J connectivity index is 1.54. The first-order chi connectivity index (χ1) is 16.1. The molecule has 0 aliphatic carbocycles. The SMILES string of the molecule is C/C(=N\NC(=O)c1c(-c2ccccc2)nnn1-c1nonc1N)c1cccc2ccccc12. The van der Waals surface area contributed by atoms with Crippen molar-refractivity contribution in [1.29, 1.82) is 0 Å². The zero-order valence-corrected chi connectivity index (χ0v) is 17.5. The third-order valence-corrected chi connectivity index (χ3v) is 5.13. The van der Waals surface area contributed by atoms with Gasteiger partial charge in [-0.1, -0.05) is 78.0 Å². The fraction of sp³-hybridized carbons (Fsp3) is 0.0435. The number of benzene rings is 3. The van der Waals surface area contributed by atoms with Crippen LogP contribution in [0.5, 0.6) is 0 Å². The van der Waals surface area contributed by atoms with Crippen molar-refractivity contribution in [3.05, 3.63) is 84.1 Å². The average Bonchev–Trinajstić information content (AvgIpc) is 3.48. The number of fused-ring (bicyclic) bond motifs is 1. The fourth-order valence-corrected chi connectivity index (χ4v) is 3.55. The van der Waals surface area contributed by atoms with Crippen molar-refractivity contribution in [1.82, 2.24) is 30.7 Å². The number of nitrogens with two attached hydrogens (primary N) is 1. The van der Waals surface area contributed by atoms with E-state index < -0.39 is 5.91 Å². The smallest absolute Gasteiger partial charge is 0.292 e. The van der Waals surface area contributed by atoms with Crippen LogP contribution in [0.25, 0.3) is 27.8 Å². The molecule has 0 aliphatic rings. The van der Waals surface area contributed by atoms with Crippen molar-refractivity contribution in [3.8, 4) is 17.1 Å². The van der Waals surface area contributed by atoms with E-state index in [1.165, 1.54) is 4.68 Å². The molecule has 162 valence electrons. The Bertz CT molecular complexity index is 1480. The van der Waals surface area contributed by atoms with Crippen LogP contribution in [0.3, 0.4) is 0 Å². The highest BCUT2D eigenvalue weighted by Crippen LogP contribution is 2.24. The lowest BCUT2D eigenvalue weighted by molar-refractivity contribution is 0.0947. The number of hydrogen-bond acceptors (Lipinski definition) is 8. The maximum atomic E-state index is 13.3. The maximum Gasteiger partial charge on any atom is 0.292 e. The first-order valence-electron chi connectivity index (χ1n) is 10.1. The van der Waals surface area contributed by atoms with E-state index in [1.54, 1.807) is 0 Å². The van der Waals surface area contributed by atoms with E-state index in [0.29, 0.717) is 17.0 Å². The fourth-order valence-electron chi connectivity index (χ4n) is 3.55. The Hall–Kier alpha value is -4.86. The first-order valence-corrected chi connectivity index (χ1v) is 10.1. The lowest BCUT2D eigenvalue weighted by Crippen LogP contribution is -2.23. The van der Waals surface area contributed by atoms with Crippen molar-refractivity contribution < 1.29 is 9.42 Å². The van der Waals surface area contributed by atoms with Gasteiger partial charge in [0.05, 0.1) is 5.71 Å². The number of amides is 1. The van der Waals surface area contributed by atoms with E-state index >= 15 is 0 Å². The summed E-state index contributed by atoms with van der Waals surface area (Å²) in [5.41, 5.74) is 11.1. The summed E-state index contributed by atoms with van der Waals surface area (Å²) in [7, 11) is 0. The number of nitrogen functional groups attached to an aromatic ring is 1. The van der Waals surface area contributed by atoms with Gasteiger partial charge in [-0.25, -0.2) is 10.1 Å². The molecule has 0 spiro atoms. The van der Waals surface area contributed by atoms with Crippen molar-refractivity contribution in [2.45, 2.75) is 6.92 Å². The highest BCUT2D eigenvalue weighted by atomic mass is 16.6. The molecular formula is C23H18N8O2. The number of rotatable bonds is 5. The van der Waals surface area contributed by atoms with Gasteiger partial charge in [0, 0.05) is 11.1 Å². The molecule has 0 aliphatic heterocycles. The summed E-state index contributed by atoms with van der Waals surface area (Å²) in [6.07, 6.45) is 0. The highest BCUT2D eigenvalue weighted by molar-refractivity contribution is 6.10. The van der Waals surface area contributed by atoms with Crippen molar-refractivity contribution in [2.24, 2.45) is 5.10 Å². The van der Waals surface area contributed by atoms with E-state index in [-0.39, 0.29) is 17.3 Å². The van der Waals surface area contributed by atoms with Crippen LogP contribution in [0, 0.1) is 0 Å². The van der Waals surface area contributed by atoms with Gasteiger partial charge in [-0.15, -0.1) is 5.10 Å². The van der Waals surface area contributed by atoms with Gasteiger partial charge in [0.1, 0.15) is 5.69 Å². The Kier molecular flexibility index (Phi) is 5.07. The zero-order chi connectivity index (χ0) is 22.8. The van der Waals surface area contributed by atoms with Gasteiger partial charge >= 0.3 is 0 Å². The Labute approximate surface area is 187 Å². The molecule has 0 saturated heterocycles. The van der Waals surface area contributed by atoms with Gasteiger partial charge in [0.25, 0.3) is 5.91 Å². The molecule has 0 atom stereocenters. The number of nitrogens with one attached hydrogen (secondary N) is 1. The van der Waals surface area contributed by atoms with Crippen LogP contribution in [0.4, 0.5) is 5.82 Å². The Morgan fingerprint density at radius 3 is 2.55 bits per heavy atom. The maximum absolute atomic E-state index is 13.3. The van der Waals surface area contributed by atoms with E-state index in [0.717, 1.165) is 16.3 Å². The van der Waals surface area contributed by atoms with Gasteiger partial charge in [-0.3, -0.25) is 4.79 Å². The molecule has 2 heterocycles. The highest BCUT2D eigenvalue weighted by Gasteiger charge is 2.26.